The predicted molar refractivity (Wildman–Crippen MR) is 85.3 cm³/mol. The molecule has 2 rings (SSSR count). The minimum absolute atomic E-state index is 0.293. The fraction of sp³-hybridized carbons (Fsp3) is 0.750. The molecule has 4 heteroatoms. The molecule has 0 aromatic carbocycles. The second-order valence-electron chi connectivity index (χ2n) is 6.53. The molecule has 1 saturated carbocycles. The Kier molecular flexibility index (Phi) is 5.25. The van der Waals surface area contributed by atoms with Crippen LogP contribution in [-0.2, 0) is 0 Å². The van der Waals surface area contributed by atoms with Gasteiger partial charge in [-0.3, -0.25) is 0 Å². The van der Waals surface area contributed by atoms with Gasteiger partial charge < -0.3 is 5.32 Å². The summed E-state index contributed by atoms with van der Waals surface area (Å²) in [7, 11) is 0. The predicted octanol–water partition coefficient (Wildman–Crippen LogP) is 4.88. The topological polar surface area (TPSA) is 37.8 Å². The van der Waals surface area contributed by atoms with Crippen LogP contribution < -0.4 is 5.32 Å². The maximum absolute atomic E-state index is 6.12. The number of aromatic nitrogens is 2. The molecule has 2 atom stereocenters. The second-order valence-corrected chi connectivity index (χ2v) is 6.92. The van der Waals surface area contributed by atoms with Crippen molar-refractivity contribution < 1.29 is 0 Å². The van der Waals surface area contributed by atoms with Crippen molar-refractivity contribution >= 4 is 17.4 Å². The van der Waals surface area contributed by atoms with Crippen molar-refractivity contribution in [2.24, 2.45) is 11.8 Å². The van der Waals surface area contributed by atoms with Gasteiger partial charge in [0.2, 0.25) is 0 Å². The molecule has 20 heavy (non-hydrogen) atoms. The lowest BCUT2D eigenvalue weighted by molar-refractivity contribution is 0.253. The number of rotatable bonds is 4. The zero-order chi connectivity index (χ0) is 14.7. The van der Waals surface area contributed by atoms with Gasteiger partial charge in [-0.15, -0.1) is 0 Å². The minimum Gasteiger partial charge on any atom is -0.367 e. The Balaban J connectivity index is 2.15. The summed E-state index contributed by atoms with van der Waals surface area (Å²) >= 11 is 6.12. The molecule has 1 aromatic rings. The van der Waals surface area contributed by atoms with Gasteiger partial charge in [0, 0.05) is 18.0 Å². The number of nitrogens with one attached hydrogen (secondary N) is 1. The zero-order valence-electron chi connectivity index (χ0n) is 13.0. The molecular weight excluding hydrogens is 270 g/mol. The quantitative estimate of drug-likeness (QED) is 0.804. The smallest absolute Gasteiger partial charge is 0.135 e. The van der Waals surface area contributed by atoms with Crippen molar-refractivity contribution in [3.8, 4) is 0 Å². The van der Waals surface area contributed by atoms with Gasteiger partial charge in [0.05, 0.1) is 0 Å². The summed E-state index contributed by atoms with van der Waals surface area (Å²) in [5.41, 5.74) is 0. The van der Waals surface area contributed by atoms with Gasteiger partial charge in [0.25, 0.3) is 0 Å². The van der Waals surface area contributed by atoms with E-state index in [4.69, 9.17) is 11.6 Å². The number of hydrogen-bond donors (Lipinski definition) is 1. The van der Waals surface area contributed by atoms with Gasteiger partial charge in [-0.05, 0) is 24.7 Å². The molecule has 0 bridgehead atoms. The van der Waals surface area contributed by atoms with Crippen LogP contribution in [0.2, 0.25) is 5.15 Å². The summed E-state index contributed by atoms with van der Waals surface area (Å²) < 4.78 is 0. The molecule has 1 aromatic heterocycles. The third-order valence-corrected chi connectivity index (χ3v) is 4.43. The Bertz CT molecular complexity index is 445. The van der Waals surface area contributed by atoms with Gasteiger partial charge in [-0.1, -0.05) is 52.1 Å². The largest absolute Gasteiger partial charge is 0.367 e. The molecule has 0 spiro atoms. The maximum atomic E-state index is 6.12. The van der Waals surface area contributed by atoms with Crippen LogP contribution in [0.15, 0.2) is 6.07 Å². The van der Waals surface area contributed by atoms with Crippen LogP contribution in [0.3, 0.4) is 0 Å². The third-order valence-electron chi connectivity index (χ3n) is 4.24. The first-order valence-electron chi connectivity index (χ1n) is 7.78. The summed E-state index contributed by atoms with van der Waals surface area (Å²) in [6.07, 6.45) is 5.19. The van der Waals surface area contributed by atoms with Gasteiger partial charge in [-0.25, -0.2) is 9.97 Å². The molecule has 0 amide bonds. The van der Waals surface area contributed by atoms with E-state index in [1.165, 1.54) is 25.7 Å². The fourth-order valence-electron chi connectivity index (χ4n) is 3.09. The van der Waals surface area contributed by atoms with Crippen molar-refractivity contribution in [3.05, 3.63) is 17.0 Å². The highest BCUT2D eigenvalue weighted by Gasteiger charge is 2.27. The van der Waals surface area contributed by atoms with Gasteiger partial charge in [0.15, 0.2) is 0 Å². The van der Waals surface area contributed by atoms with Crippen molar-refractivity contribution in [1.82, 2.24) is 9.97 Å². The van der Waals surface area contributed by atoms with Crippen LogP contribution in [0.5, 0.6) is 0 Å². The molecule has 1 heterocycles. The zero-order valence-corrected chi connectivity index (χ0v) is 13.7. The van der Waals surface area contributed by atoms with E-state index in [2.05, 4.69) is 43.0 Å². The van der Waals surface area contributed by atoms with E-state index in [0.717, 1.165) is 17.6 Å². The molecule has 112 valence electrons. The molecule has 2 unspecified atom stereocenters. The van der Waals surface area contributed by atoms with E-state index in [0.29, 0.717) is 23.0 Å². The van der Waals surface area contributed by atoms with Crippen molar-refractivity contribution in [1.29, 1.82) is 0 Å². The van der Waals surface area contributed by atoms with Gasteiger partial charge in [0.1, 0.15) is 16.8 Å². The molecule has 0 saturated heterocycles. The highest BCUT2D eigenvalue weighted by molar-refractivity contribution is 6.29. The maximum Gasteiger partial charge on any atom is 0.135 e. The van der Waals surface area contributed by atoms with Crippen molar-refractivity contribution in [2.75, 3.05) is 5.32 Å². The molecule has 3 nitrogen and oxygen atoms in total. The van der Waals surface area contributed by atoms with Crippen LogP contribution in [0.4, 0.5) is 5.82 Å². The SMILES string of the molecule is CC(C)c1nc(Cl)cc(NC2CCCCC2C(C)C)n1. The van der Waals surface area contributed by atoms with E-state index < -0.39 is 0 Å². The Hall–Kier alpha value is -0.830. The van der Waals surface area contributed by atoms with E-state index in [9.17, 15) is 0 Å². The lowest BCUT2D eigenvalue weighted by Crippen LogP contribution is -2.35. The summed E-state index contributed by atoms with van der Waals surface area (Å²) in [4.78, 5) is 8.91. The monoisotopic (exact) mass is 295 g/mol. The first-order valence-corrected chi connectivity index (χ1v) is 8.16. The number of halogens is 1. The Labute approximate surface area is 127 Å². The Morgan fingerprint density at radius 3 is 2.50 bits per heavy atom. The second kappa shape index (κ2) is 6.75. The summed E-state index contributed by atoms with van der Waals surface area (Å²) in [5, 5.41) is 4.14. The van der Waals surface area contributed by atoms with Crippen molar-refractivity contribution in [2.45, 2.75) is 65.3 Å². The van der Waals surface area contributed by atoms with Crippen LogP contribution in [-0.4, -0.2) is 16.0 Å². The Morgan fingerprint density at radius 2 is 1.85 bits per heavy atom. The molecule has 0 aliphatic heterocycles. The number of hydrogen-bond acceptors (Lipinski definition) is 3. The lowest BCUT2D eigenvalue weighted by Gasteiger charge is -2.35. The molecule has 1 aliphatic rings. The van der Waals surface area contributed by atoms with Gasteiger partial charge >= 0.3 is 0 Å². The average Bonchev–Trinajstić information content (AvgIpc) is 2.38. The molecule has 0 radical (unpaired) electrons. The van der Waals surface area contributed by atoms with Crippen LogP contribution in [0, 0.1) is 11.8 Å². The molecule has 1 N–H and O–H groups in total. The average molecular weight is 296 g/mol. The van der Waals surface area contributed by atoms with Crippen LogP contribution in [0.1, 0.15) is 65.1 Å². The summed E-state index contributed by atoms with van der Waals surface area (Å²) in [5.74, 6) is 3.42. The van der Waals surface area contributed by atoms with Crippen molar-refractivity contribution in [3.63, 3.8) is 0 Å². The molecular formula is C16H26ClN3. The first-order chi connectivity index (χ1) is 9.47. The van der Waals surface area contributed by atoms with E-state index in [1.807, 2.05) is 6.07 Å². The Morgan fingerprint density at radius 1 is 1.15 bits per heavy atom. The van der Waals surface area contributed by atoms with E-state index in [-0.39, 0.29) is 0 Å². The lowest BCUT2D eigenvalue weighted by atomic mass is 9.78. The minimum atomic E-state index is 0.293. The summed E-state index contributed by atoms with van der Waals surface area (Å²) in [6.45, 7) is 8.81. The highest BCUT2D eigenvalue weighted by atomic mass is 35.5. The van der Waals surface area contributed by atoms with E-state index >= 15 is 0 Å². The van der Waals surface area contributed by atoms with Crippen LogP contribution >= 0.6 is 11.6 Å². The fourth-order valence-corrected chi connectivity index (χ4v) is 3.28. The highest BCUT2D eigenvalue weighted by Crippen LogP contribution is 2.32. The molecule has 1 fully saturated rings. The van der Waals surface area contributed by atoms with Gasteiger partial charge in [-0.2, -0.15) is 0 Å². The van der Waals surface area contributed by atoms with Crippen LogP contribution in [0.25, 0.3) is 0 Å². The number of anilines is 1. The molecule has 1 aliphatic carbocycles. The third kappa shape index (κ3) is 3.85. The number of nitrogens with zero attached hydrogens (tertiary/aromatic N) is 2. The standard InChI is InChI=1S/C16H26ClN3/c1-10(2)12-7-5-6-8-13(12)18-15-9-14(17)19-16(20-15)11(3)4/h9-13H,5-8H2,1-4H3,(H,18,19,20). The summed E-state index contributed by atoms with van der Waals surface area (Å²) in [6, 6.07) is 2.36. The first kappa shape index (κ1) is 15.6. The normalized spacial score (nSPS) is 23.4. The van der Waals surface area contributed by atoms with E-state index in [1.54, 1.807) is 0 Å².